The van der Waals surface area contributed by atoms with Crippen LogP contribution in [-0.2, 0) is 0 Å². The highest BCUT2D eigenvalue weighted by Gasteiger charge is 2.16. The van der Waals surface area contributed by atoms with Crippen LogP contribution in [0.5, 0.6) is 17.4 Å². The van der Waals surface area contributed by atoms with Gasteiger partial charge in [0.2, 0.25) is 5.88 Å². The topological polar surface area (TPSA) is 104 Å². The number of methoxy groups -OCH3 is 2. The van der Waals surface area contributed by atoms with Crippen molar-refractivity contribution in [1.29, 1.82) is 0 Å². The first-order chi connectivity index (χ1) is 14.0. The highest BCUT2D eigenvalue weighted by molar-refractivity contribution is 7.71. The molecule has 0 radical (unpaired) electrons. The van der Waals surface area contributed by atoms with E-state index in [1.54, 1.807) is 18.2 Å². The molecule has 0 amide bonds. The molecule has 3 N–H and O–H groups in total. The molecule has 0 aliphatic carbocycles. The van der Waals surface area contributed by atoms with Gasteiger partial charge in [-0.3, -0.25) is 24.2 Å². The minimum Gasteiger partial charge on any atom is -0.497 e. The van der Waals surface area contributed by atoms with Crippen LogP contribution in [0.4, 0.5) is 0 Å². The van der Waals surface area contributed by atoms with Gasteiger partial charge in [0.25, 0.3) is 5.56 Å². The second kappa shape index (κ2) is 9.68. The van der Waals surface area contributed by atoms with E-state index in [0.29, 0.717) is 23.7 Å². The molecule has 0 unspecified atom stereocenters. The molecule has 2 aromatic rings. The summed E-state index contributed by atoms with van der Waals surface area (Å²) in [5, 5.41) is 14.1. The quantitative estimate of drug-likeness (QED) is 0.453. The minimum atomic E-state index is -0.503. The molecule has 0 bridgehead atoms. The molecule has 29 heavy (non-hydrogen) atoms. The van der Waals surface area contributed by atoms with E-state index in [1.807, 2.05) is 0 Å². The first kappa shape index (κ1) is 21.0. The summed E-state index contributed by atoms with van der Waals surface area (Å²) < 4.78 is 12.0. The third-order valence-electron chi connectivity index (χ3n) is 4.72. The minimum absolute atomic E-state index is 0.0313. The second-order valence-corrected chi connectivity index (χ2v) is 6.88. The summed E-state index contributed by atoms with van der Waals surface area (Å²) in [5.41, 5.74) is -0.0265. The van der Waals surface area contributed by atoms with Crippen molar-refractivity contribution in [3.05, 3.63) is 38.9 Å². The maximum atomic E-state index is 12.4. The van der Waals surface area contributed by atoms with Gasteiger partial charge >= 0.3 is 0 Å². The number of aromatic hydroxyl groups is 1. The van der Waals surface area contributed by atoms with E-state index in [4.69, 9.17) is 21.7 Å². The van der Waals surface area contributed by atoms with Crippen molar-refractivity contribution in [3.63, 3.8) is 0 Å². The Kier molecular flexibility index (Phi) is 7.02. The van der Waals surface area contributed by atoms with Crippen LogP contribution in [0, 0.1) is 4.77 Å². The van der Waals surface area contributed by atoms with E-state index in [-0.39, 0.29) is 16.2 Å². The van der Waals surface area contributed by atoms with Gasteiger partial charge in [-0.05, 0) is 24.4 Å². The predicted molar refractivity (Wildman–Crippen MR) is 114 cm³/mol. The molecular formula is C19H25N5O4S. The Morgan fingerprint density at radius 3 is 2.72 bits per heavy atom. The number of ether oxygens (including phenoxy) is 2. The summed E-state index contributed by atoms with van der Waals surface area (Å²) >= 11 is 5.27. The lowest BCUT2D eigenvalue weighted by atomic mass is 10.2. The van der Waals surface area contributed by atoms with E-state index in [1.165, 1.54) is 25.0 Å². The number of benzene rings is 1. The molecule has 1 saturated heterocycles. The lowest BCUT2D eigenvalue weighted by Gasteiger charge is -2.26. The van der Waals surface area contributed by atoms with Crippen molar-refractivity contribution in [2.45, 2.75) is 0 Å². The fraction of sp³-hybridized carbons (Fsp3) is 0.421. The molecule has 1 aliphatic heterocycles. The first-order valence-electron chi connectivity index (χ1n) is 9.28. The number of hydrogen-bond acceptors (Lipinski definition) is 8. The lowest BCUT2D eigenvalue weighted by molar-refractivity contribution is 0.248. The van der Waals surface area contributed by atoms with Crippen molar-refractivity contribution in [3.8, 4) is 23.1 Å². The highest BCUT2D eigenvalue weighted by atomic mass is 32.1. The van der Waals surface area contributed by atoms with E-state index in [0.717, 1.165) is 32.7 Å². The molecule has 3 rings (SSSR count). The Bertz CT molecular complexity index is 995. The van der Waals surface area contributed by atoms with Crippen LogP contribution in [0.15, 0.2) is 28.0 Å². The van der Waals surface area contributed by atoms with E-state index < -0.39 is 5.56 Å². The summed E-state index contributed by atoms with van der Waals surface area (Å²) in [5.74, 6) is 0.710. The SMILES string of the molecule is COc1ccc(OC)c(-n2c(O)c(C=NCCN3CCNCC3)c(=O)[nH]c2=S)c1. The zero-order valence-corrected chi connectivity index (χ0v) is 17.3. The molecule has 1 aliphatic rings. The van der Waals surface area contributed by atoms with Gasteiger partial charge in [-0.1, -0.05) is 0 Å². The third-order valence-corrected chi connectivity index (χ3v) is 5.01. The molecular weight excluding hydrogens is 394 g/mol. The number of aliphatic imine (C=N–C) groups is 1. The largest absolute Gasteiger partial charge is 0.497 e. The highest BCUT2D eigenvalue weighted by Crippen LogP contribution is 2.30. The maximum Gasteiger partial charge on any atom is 0.264 e. The molecule has 156 valence electrons. The predicted octanol–water partition coefficient (Wildman–Crippen LogP) is 0.942. The standard InChI is InChI=1S/C19H25N5O4S/c1-27-13-3-4-16(28-2)15(11-13)24-18(26)14(17(25)22-19(24)29)12-21-7-10-23-8-5-20-6-9-23/h3-4,11-12,20,26H,5-10H2,1-2H3,(H,22,25,29). The number of aromatic nitrogens is 2. The molecule has 1 aromatic heterocycles. The van der Waals surface area contributed by atoms with E-state index in [2.05, 4.69) is 20.2 Å². The van der Waals surface area contributed by atoms with Crippen molar-refractivity contribution in [2.24, 2.45) is 4.99 Å². The smallest absolute Gasteiger partial charge is 0.264 e. The molecule has 0 atom stereocenters. The average Bonchev–Trinajstić information content (AvgIpc) is 2.73. The molecule has 1 fully saturated rings. The number of rotatable bonds is 7. The summed E-state index contributed by atoms with van der Waals surface area (Å²) in [6, 6.07) is 5.09. The molecule has 0 saturated carbocycles. The summed E-state index contributed by atoms with van der Waals surface area (Å²) in [7, 11) is 3.05. The Morgan fingerprint density at radius 1 is 1.28 bits per heavy atom. The van der Waals surface area contributed by atoms with Gasteiger partial charge in [0.05, 0.1) is 26.5 Å². The monoisotopic (exact) mass is 419 g/mol. The van der Waals surface area contributed by atoms with Gasteiger partial charge < -0.3 is 19.9 Å². The van der Waals surface area contributed by atoms with E-state index >= 15 is 0 Å². The second-order valence-electron chi connectivity index (χ2n) is 6.50. The zero-order valence-electron chi connectivity index (χ0n) is 16.5. The van der Waals surface area contributed by atoms with Crippen LogP contribution in [0.2, 0.25) is 0 Å². The van der Waals surface area contributed by atoms with Gasteiger partial charge in [-0.25, -0.2) is 0 Å². The van der Waals surface area contributed by atoms with Crippen molar-refractivity contribution >= 4 is 18.4 Å². The fourth-order valence-corrected chi connectivity index (χ4v) is 3.42. The number of nitrogens with one attached hydrogen (secondary N) is 2. The van der Waals surface area contributed by atoms with Crippen molar-refractivity contribution < 1.29 is 14.6 Å². The molecule has 1 aromatic carbocycles. The van der Waals surface area contributed by atoms with Gasteiger partial charge in [0.1, 0.15) is 17.1 Å². The number of piperazine rings is 1. The van der Waals surface area contributed by atoms with Crippen LogP contribution in [0.25, 0.3) is 5.69 Å². The van der Waals surface area contributed by atoms with Crippen molar-refractivity contribution in [2.75, 3.05) is 53.5 Å². The summed E-state index contributed by atoms with van der Waals surface area (Å²) in [4.78, 5) is 21.6. The number of H-pyrrole nitrogens is 1. The van der Waals surface area contributed by atoms with Crippen LogP contribution in [0.1, 0.15) is 5.56 Å². The molecule has 0 spiro atoms. The lowest BCUT2D eigenvalue weighted by Crippen LogP contribution is -2.44. The zero-order chi connectivity index (χ0) is 20.8. The number of nitrogens with zero attached hydrogens (tertiary/aromatic N) is 3. The van der Waals surface area contributed by atoms with Crippen LogP contribution < -0.4 is 20.3 Å². The molecule has 10 heteroatoms. The third kappa shape index (κ3) is 4.84. The van der Waals surface area contributed by atoms with Gasteiger partial charge in [-0.15, -0.1) is 0 Å². The van der Waals surface area contributed by atoms with Crippen LogP contribution in [-0.4, -0.2) is 79.3 Å². The maximum absolute atomic E-state index is 12.4. The van der Waals surface area contributed by atoms with Gasteiger partial charge in [-0.2, -0.15) is 0 Å². The Balaban J connectivity index is 1.92. The van der Waals surface area contributed by atoms with Gasteiger partial charge in [0.15, 0.2) is 4.77 Å². The van der Waals surface area contributed by atoms with Gasteiger partial charge in [0, 0.05) is 45.0 Å². The van der Waals surface area contributed by atoms with E-state index in [9.17, 15) is 9.90 Å². The molecule has 2 heterocycles. The van der Waals surface area contributed by atoms with Crippen LogP contribution >= 0.6 is 12.2 Å². The first-order valence-corrected chi connectivity index (χ1v) is 9.69. The Hall–Kier alpha value is -2.69. The fourth-order valence-electron chi connectivity index (χ4n) is 3.14. The molecule has 9 nitrogen and oxygen atoms in total. The van der Waals surface area contributed by atoms with Crippen LogP contribution in [0.3, 0.4) is 0 Å². The number of aromatic amines is 1. The van der Waals surface area contributed by atoms with Crippen molar-refractivity contribution in [1.82, 2.24) is 19.8 Å². The Labute approximate surface area is 173 Å². The average molecular weight is 420 g/mol. The number of hydrogen-bond donors (Lipinski definition) is 3. The summed E-state index contributed by atoms with van der Waals surface area (Å²) in [6.45, 7) is 5.19. The summed E-state index contributed by atoms with van der Waals surface area (Å²) in [6.07, 6.45) is 1.38. The normalized spacial score (nSPS) is 15.0. The Morgan fingerprint density at radius 2 is 2.03 bits per heavy atom.